The largest absolute Gasteiger partial charge is 0.493 e. The zero-order valence-electron chi connectivity index (χ0n) is 17.9. The van der Waals surface area contributed by atoms with Crippen LogP contribution in [0.1, 0.15) is 17.5 Å². The van der Waals surface area contributed by atoms with Crippen molar-refractivity contribution in [2.45, 2.75) is 19.9 Å². The first-order valence-electron chi connectivity index (χ1n) is 10.3. The highest BCUT2D eigenvalue weighted by Crippen LogP contribution is 2.22. The number of amides is 1. The fourth-order valence-corrected chi connectivity index (χ4v) is 3.17. The van der Waals surface area contributed by atoms with Gasteiger partial charge >= 0.3 is 0 Å². The van der Waals surface area contributed by atoms with E-state index in [1.54, 1.807) is 7.05 Å². The van der Waals surface area contributed by atoms with Crippen LogP contribution in [0.25, 0.3) is 0 Å². The summed E-state index contributed by atoms with van der Waals surface area (Å²) >= 11 is 0. The molecule has 1 aliphatic rings. The molecule has 1 saturated heterocycles. The SMILES string of the molecule is CN=C(NCC(=O)Nc1ccc(F)cc1)NCc1ccc(C)cc1OCC1CCOC1. The van der Waals surface area contributed by atoms with E-state index in [0.29, 0.717) is 30.7 Å². The molecule has 1 heterocycles. The minimum Gasteiger partial charge on any atom is -0.493 e. The van der Waals surface area contributed by atoms with Gasteiger partial charge in [0, 0.05) is 37.4 Å². The van der Waals surface area contributed by atoms with Crippen molar-refractivity contribution in [2.75, 3.05) is 38.7 Å². The minimum absolute atomic E-state index is 0.0238. The molecular formula is C23H29FN4O3. The Bertz CT molecular complexity index is 896. The van der Waals surface area contributed by atoms with E-state index >= 15 is 0 Å². The summed E-state index contributed by atoms with van der Waals surface area (Å²) in [6.45, 7) is 4.73. The highest BCUT2D eigenvalue weighted by Gasteiger charge is 2.17. The number of aryl methyl sites for hydroxylation is 1. The standard InChI is InChI=1S/C23H29FN4O3/c1-16-3-4-18(21(11-16)31-15-17-9-10-30-14-17)12-26-23(25-2)27-13-22(29)28-20-7-5-19(24)6-8-20/h3-8,11,17H,9-10,12-15H2,1-2H3,(H,28,29)(H2,25,26,27). The number of hydrogen-bond acceptors (Lipinski definition) is 4. The summed E-state index contributed by atoms with van der Waals surface area (Å²) in [6, 6.07) is 11.7. The molecule has 0 radical (unpaired) electrons. The molecule has 8 heteroatoms. The van der Waals surface area contributed by atoms with Crippen LogP contribution in [0.2, 0.25) is 0 Å². The minimum atomic E-state index is -0.350. The third-order valence-corrected chi connectivity index (χ3v) is 4.94. The third kappa shape index (κ3) is 7.25. The molecule has 1 atom stereocenters. The fraction of sp³-hybridized carbons (Fsp3) is 0.391. The summed E-state index contributed by atoms with van der Waals surface area (Å²) in [5.74, 6) is 1.15. The smallest absolute Gasteiger partial charge is 0.243 e. The number of halogens is 1. The molecule has 3 N–H and O–H groups in total. The van der Waals surface area contributed by atoms with Gasteiger partial charge in [-0.2, -0.15) is 0 Å². The number of benzene rings is 2. The molecule has 3 rings (SSSR count). The van der Waals surface area contributed by atoms with E-state index in [-0.39, 0.29) is 18.3 Å². The summed E-state index contributed by atoms with van der Waals surface area (Å²) in [5.41, 5.74) is 2.66. The molecule has 2 aromatic rings. The lowest BCUT2D eigenvalue weighted by atomic mass is 10.1. The fourth-order valence-electron chi connectivity index (χ4n) is 3.17. The van der Waals surface area contributed by atoms with Gasteiger partial charge in [0.1, 0.15) is 11.6 Å². The second kappa shape index (κ2) is 11.3. The molecular weight excluding hydrogens is 399 g/mol. The molecule has 7 nitrogen and oxygen atoms in total. The predicted molar refractivity (Wildman–Crippen MR) is 119 cm³/mol. The average molecular weight is 429 g/mol. The van der Waals surface area contributed by atoms with E-state index in [1.807, 2.05) is 25.1 Å². The van der Waals surface area contributed by atoms with Crippen molar-refractivity contribution in [3.8, 4) is 5.75 Å². The van der Waals surface area contributed by atoms with Crippen LogP contribution in [0.3, 0.4) is 0 Å². The Hall–Kier alpha value is -3.13. The Kier molecular flexibility index (Phi) is 8.23. The Morgan fingerprint density at radius 1 is 1.23 bits per heavy atom. The number of guanidine groups is 1. The molecule has 0 aliphatic carbocycles. The summed E-state index contributed by atoms with van der Waals surface area (Å²) in [7, 11) is 1.64. The number of hydrogen-bond donors (Lipinski definition) is 3. The number of nitrogens with zero attached hydrogens (tertiary/aromatic N) is 1. The Labute approximate surface area is 182 Å². The van der Waals surface area contributed by atoms with Crippen molar-refractivity contribution in [2.24, 2.45) is 10.9 Å². The van der Waals surface area contributed by atoms with Crippen LogP contribution >= 0.6 is 0 Å². The van der Waals surface area contributed by atoms with Crippen LogP contribution in [0, 0.1) is 18.7 Å². The van der Waals surface area contributed by atoms with E-state index < -0.39 is 0 Å². The van der Waals surface area contributed by atoms with Crippen LogP contribution in [0.15, 0.2) is 47.5 Å². The maximum Gasteiger partial charge on any atom is 0.243 e. The number of carbonyl (C=O) groups excluding carboxylic acids is 1. The van der Waals surface area contributed by atoms with Gasteiger partial charge in [-0.05, 0) is 49.2 Å². The van der Waals surface area contributed by atoms with Gasteiger partial charge in [0.05, 0.1) is 19.8 Å². The van der Waals surface area contributed by atoms with Crippen molar-refractivity contribution in [3.63, 3.8) is 0 Å². The number of anilines is 1. The van der Waals surface area contributed by atoms with Crippen LogP contribution < -0.4 is 20.7 Å². The van der Waals surface area contributed by atoms with Crippen LogP contribution in [-0.4, -0.2) is 45.3 Å². The molecule has 0 aromatic heterocycles. The number of ether oxygens (including phenoxy) is 2. The third-order valence-electron chi connectivity index (χ3n) is 4.94. The normalized spacial score (nSPS) is 16.1. The second-order valence-electron chi connectivity index (χ2n) is 7.49. The molecule has 31 heavy (non-hydrogen) atoms. The molecule has 2 aromatic carbocycles. The molecule has 166 valence electrons. The average Bonchev–Trinajstić information content (AvgIpc) is 3.28. The van der Waals surface area contributed by atoms with Gasteiger partial charge in [-0.15, -0.1) is 0 Å². The lowest BCUT2D eigenvalue weighted by Gasteiger charge is -2.17. The highest BCUT2D eigenvalue weighted by atomic mass is 19.1. The Morgan fingerprint density at radius 3 is 2.74 bits per heavy atom. The first-order chi connectivity index (χ1) is 15.0. The second-order valence-corrected chi connectivity index (χ2v) is 7.49. The molecule has 1 fully saturated rings. The number of aliphatic imine (C=N–C) groups is 1. The Balaban J connectivity index is 1.49. The van der Waals surface area contributed by atoms with Gasteiger partial charge in [0.25, 0.3) is 0 Å². The molecule has 1 unspecified atom stereocenters. The monoisotopic (exact) mass is 428 g/mol. The Morgan fingerprint density at radius 2 is 2.03 bits per heavy atom. The van der Waals surface area contributed by atoms with Crippen LogP contribution in [0.4, 0.5) is 10.1 Å². The van der Waals surface area contributed by atoms with Gasteiger partial charge in [-0.1, -0.05) is 12.1 Å². The highest BCUT2D eigenvalue weighted by molar-refractivity contribution is 5.94. The van der Waals surface area contributed by atoms with Crippen molar-refractivity contribution in [1.82, 2.24) is 10.6 Å². The molecule has 1 aliphatic heterocycles. The zero-order chi connectivity index (χ0) is 22.1. The lowest BCUT2D eigenvalue weighted by Crippen LogP contribution is -2.41. The molecule has 0 saturated carbocycles. The summed E-state index contributed by atoms with van der Waals surface area (Å²) in [5, 5.41) is 8.88. The lowest BCUT2D eigenvalue weighted by molar-refractivity contribution is -0.115. The van der Waals surface area contributed by atoms with Gasteiger partial charge in [0.2, 0.25) is 5.91 Å². The maximum absolute atomic E-state index is 13.0. The first-order valence-corrected chi connectivity index (χ1v) is 10.3. The topological polar surface area (TPSA) is 84.0 Å². The van der Waals surface area contributed by atoms with Gasteiger partial charge in [-0.25, -0.2) is 4.39 Å². The van der Waals surface area contributed by atoms with Gasteiger partial charge in [-0.3, -0.25) is 9.79 Å². The van der Waals surface area contributed by atoms with Crippen LogP contribution in [-0.2, 0) is 16.1 Å². The number of nitrogens with one attached hydrogen (secondary N) is 3. The van der Waals surface area contributed by atoms with Gasteiger partial charge in [0.15, 0.2) is 5.96 Å². The van der Waals surface area contributed by atoms with E-state index in [0.717, 1.165) is 36.5 Å². The first kappa shape index (κ1) is 22.6. The predicted octanol–water partition coefficient (Wildman–Crippen LogP) is 2.85. The van der Waals surface area contributed by atoms with Crippen LogP contribution in [0.5, 0.6) is 5.75 Å². The summed E-state index contributed by atoms with van der Waals surface area (Å²) in [4.78, 5) is 16.3. The number of rotatable bonds is 8. The van der Waals surface area contributed by atoms with Crippen molar-refractivity contribution in [1.29, 1.82) is 0 Å². The molecule has 1 amide bonds. The van der Waals surface area contributed by atoms with Crippen molar-refractivity contribution < 1.29 is 18.7 Å². The molecule has 0 spiro atoms. The maximum atomic E-state index is 13.0. The summed E-state index contributed by atoms with van der Waals surface area (Å²) in [6.07, 6.45) is 1.02. The van der Waals surface area contributed by atoms with Gasteiger partial charge < -0.3 is 25.4 Å². The summed E-state index contributed by atoms with van der Waals surface area (Å²) < 4.78 is 24.4. The number of carbonyl (C=O) groups is 1. The van der Waals surface area contributed by atoms with E-state index in [4.69, 9.17) is 9.47 Å². The molecule has 0 bridgehead atoms. The van der Waals surface area contributed by atoms with E-state index in [2.05, 4.69) is 20.9 Å². The van der Waals surface area contributed by atoms with E-state index in [1.165, 1.54) is 24.3 Å². The van der Waals surface area contributed by atoms with Crippen molar-refractivity contribution in [3.05, 3.63) is 59.4 Å². The van der Waals surface area contributed by atoms with Crippen molar-refractivity contribution >= 4 is 17.6 Å². The zero-order valence-corrected chi connectivity index (χ0v) is 17.9. The van der Waals surface area contributed by atoms with E-state index in [9.17, 15) is 9.18 Å². The quantitative estimate of drug-likeness (QED) is 0.445.